The van der Waals surface area contributed by atoms with Crippen LogP contribution in [0, 0.1) is 5.92 Å². The Labute approximate surface area is 129 Å². The smallest absolute Gasteiger partial charge is 0.191 e. The summed E-state index contributed by atoms with van der Waals surface area (Å²) in [5, 5.41) is 6.65. The van der Waals surface area contributed by atoms with Crippen LogP contribution in [-0.4, -0.2) is 50.1 Å². The molecule has 0 atom stereocenters. The Hall–Kier alpha value is -0.0400. The highest BCUT2D eigenvalue weighted by Gasteiger charge is 2.16. The highest BCUT2D eigenvalue weighted by atomic mass is 127. The summed E-state index contributed by atoms with van der Waals surface area (Å²) in [6.07, 6.45) is 2.56. The summed E-state index contributed by atoms with van der Waals surface area (Å²) >= 11 is 0. The summed E-state index contributed by atoms with van der Waals surface area (Å²) in [4.78, 5) is 7.08. The molecule has 0 radical (unpaired) electrons. The largest absolute Gasteiger partial charge is 0.357 e. The molecule has 1 rings (SSSR count). The first-order chi connectivity index (χ1) is 8.11. The van der Waals surface area contributed by atoms with Crippen molar-refractivity contribution in [1.29, 1.82) is 0 Å². The van der Waals surface area contributed by atoms with E-state index < -0.39 is 0 Å². The van der Waals surface area contributed by atoms with Crippen LogP contribution in [0.1, 0.15) is 33.6 Å². The normalized spacial score (nSPS) is 18.6. The van der Waals surface area contributed by atoms with Crippen molar-refractivity contribution in [1.82, 2.24) is 15.5 Å². The number of hydrogen-bond acceptors (Lipinski definition) is 2. The van der Waals surface area contributed by atoms with Crippen LogP contribution in [-0.2, 0) is 0 Å². The van der Waals surface area contributed by atoms with Crippen molar-refractivity contribution in [2.24, 2.45) is 10.9 Å². The molecule has 0 unspecified atom stereocenters. The summed E-state index contributed by atoms with van der Waals surface area (Å²) in [6.45, 7) is 10.7. The minimum absolute atomic E-state index is 0. The summed E-state index contributed by atoms with van der Waals surface area (Å²) in [5.41, 5.74) is 0. The molecule has 0 aromatic carbocycles. The minimum atomic E-state index is 0. The van der Waals surface area contributed by atoms with Crippen molar-refractivity contribution < 1.29 is 0 Å². The number of nitrogens with zero attached hydrogens (tertiary/aromatic N) is 2. The number of hydrogen-bond donors (Lipinski definition) is 2. The Morgan fingerprint density at radius 3 is 2.44 bits per heavy atom. The van der Waals surface area contributed by atoms with Crippen LogP contribution in [0.15, 0.2) is 4.99 Å². The molecule has 0 aromatic rings. The van der Waals surface area contributed by atoms with E-state index in [1.807, 2.05) is 0 Å². The van der Waals surface area contributed by atoms with Gasteiger partial charge in [-0.1, -0.05) is 0 Å². The quantitative estimate of drug-likeness (QED) is 0.453. The average Bonchev–Trinajstić information content (AvgIpc) is 2.27. The number of rotatable bonds is 4. The van der Waals surface area contributed by atoms with Crippen LogP contribution < -0.4 is 10.6 Å². The number of piperidine rings is 1. The fourth-order valence-electron chi connectivity index (χ4n) is 2.06. The monoisotopic (exact) mass is 368 g/mol. The number of halogens is 1. The van der Waals surface area contributed by atoms with E-state index >= 15 is 0 Å². The van der Waals surface area contributed by atoms with Gasteiger partial charge >= 0.3 is 0 Å². The number of likely N-dealkylation sites (tertiary alicyclic amines) is 1. The van der Waals surface area contributed by atoms with Gasteiger partial charge in [-0.15, -0.1) is 24.0 Å². The van der Waals surface area contributed by atoms with Crippen LogP contribution in [0.25, 0.3) is 0 Å². The first-order valence-corrected chi connectivity index (χ1v) is 6.85. The Kier molecular flexibility index (Phi) is 9.81. The lowest BCUT2D eigenvalue weighted by Gasteiger charge is -2.28. The van der Waals surface area contributed by atoms with Crippen LogP contribution >= 0.6 is 24.0 Å². The molecule has 0 aliphatic carbocycles. The van der Waals surface area contributed by atoms with Gasteiger partial charge in [0.2, 0.25) is 0 Å². The van der Waals surface area contributed by atoms with Gasteiger partial charge in [-0.2, -0.15) is 0 Å². The van der Waals surface area contributed by atoms with E-state index in [1.165, 1.54) is 25.9 Å². The van der Waals surface area contributed by atoms with Crippen LogP contribution in [0.2, 0.25) is 0 Å². The third-order valence-corrected chi connectivity index (χ3v) is 3.12. The van der Waals surface area contributed by atoms with Gasteiger partial charge in [0.25, 0.3) is 0 Å². The first kappa shape index (κ1) is 18.0. The number of nitrogens with one attached hydrogen (secondary N) is 2. The Morgan fingerprint density at radius 1 is 1.33 bits per heavy atom. The molecule has 2 N–H and O–H groups in total. The minimum Gasteiger partial charge on any atom is -0.357 e. The zero-order chi connectivity index (χ0) is 12.7. The van der Waals surface area contributed by atoms with E-state index in [0.29, 0.717) is 6.04 Å². The first-order valence-electron chi connectivity index (χ1n) is 6.85. The van der Waals surface area contributed by atoms with Crippen molar-refractivity contribution in [3.05, 3.63) is 0 Å². The zero-order valence-electron chi connectivity index (χ0n) is 12.2. The molecule has 4 nitrogen and oxygen atoms in total. The van der Waals surface area contributed by atoms with Gasteiger partial charge in [-0.3, -0.25) is 4.99 Å². The van der Waals surface area contributed by atoms with Gasteiger partial charge in [-0.25, -0.2) is 0 Å². The standard InChI is InChI=1S/C13H28N4.HI/c1-5-14-13(16-11(2)3)15-10-12-6-8-17(4)9-7-12;/h11-12H,5-10H2,1-4H3,(H2,14,15,16);1H. The molecule has 0 aromatic heterocycles. The summed E-state index contributed by atoms with van der Waals surface area (Å²) in [5.74, 6) is 1.72. The SMILES string of the molecule is CCNC(=NCC1CCN(C)CC1)NC(C)C.I. The topological polar surface area (TPSA) is 39.7 Å². The van der Waals surface area contributed by atoms with E-state index in [2.05, 4.69) is 48.3 Å². The molecule has 5 heteroatoms. The van der Waals surface area contributed by atoms with Gasteiger partial charge in [-0.05, 0) is 59.7 Å². The predicted octanol–water partition coefficient (Wildman–Crippen LogP) is 1.91. The van der Waals surface area contributed by atoms with Gasteiger partial charge in [0.15, 0.2) is 5.96 Å². The summed E-state index contributed by atoms with van der Waals surface area (Å²) in [7, 11) is 2.20. The van der Waals surface area contributed by atoms with Crippen LogP contribution in [0.5, 0.6) is 0 Å². The molecular weight excluding hydrogens is 339 g/mol. The highest BCUT2D eigenvalue weighted by Crippen LogP contribution is 2.15. The maximum absolute atomic E-state index is 4.68. The average molecular weight is 368 g/mol. The third kappa shape index (κ3) is 7.41. The maximum Gasteiger partial charge on any atom is 0.191 e. The van der Waals surface area contributed by atoms with Crippen LogP contribution in [0.4, 0.5) is 0 Å². The van der Waals surface area contributed by atoms with Crippen molar-refractivity contribution in [3.8, 4) is 0 Å². The molecule has 1 fully saturated rings. The molecule has 1 heterocycles. The summed E-state index contributed by atoms with van der Waals surface area (Å²) in [6, 6.07) is 0.435. The molecule has 0 saturated carbocycles. The Balaban J connectivity index is 0.00000289. The van der Waals surface area contributed by atoms with Crippen molar-refractivity contribution in [2.45, 2.75) is 39.7 Å². The van der Waals surface area contributed by atoms with E-state index in [4.69, 9.17) is 0 Å². The predicted molar refractivity (Wildman–Crippen MR) is 89.9 cm³/mol. The molecule has 1 saturated heterocycles. The highest BCUT2D eigenvalue weighted by molar-refractivity contribution is 14.0. The van der Waals surface area contributed by atoms with E-state index in [9.17, 15) is 0 Å². The molecule has 0 spiro atoms. The Bertz CT molecular complexity index is 235. The van der Waals surface area contributed by atoms with Gasteiger partial charge in [0.1, 0.15) is 0 Å². The summed E-state index contributed by atoms with van der Waals surface area (Å²) < 4.78 is 0. The lowest BCUT2D eigenvalue weighted by Crippen LogP contribution is -2.41. The lowest BCUT2D eigenvalue weighted by molar-refractivity contribution is 0.223. The Morgan fingerprint density at radius 2 is 1.94 bits per heavy atom. The van der Waals surface area contributed by atoms with E-state index in [1.54, 1.807) is 0 Å². The van der Waals surface area contributed by atoms with Crippen molar-refractivity contribution in [3.63, 3.8) is 0 Å². The van der Waals surface area contributed by atoms with Gasteiger partial charge in [0, 0.05) is 19.1 Å². The van der Waals surface area contributed by atoms with E-state index in [-0.39, 0.29) is 24.0 Å². The molecule has 1 aliphatic heterocycles. The molecule has 18 heavy (non-hydrogen) atoms. The number of aliphatic imine (C=N–C) groups is 1. The number of guanidine groups is 1. The second kappa shape index (κ2) is 9.83. The fraction of sp³-hybridized carbons (Fsp3) is 0.923. The molecule has 1 aliphatic rings. The van der Waals surface area contributed by atoms with Gasteiger partial charge < -0.3 is 15.5 Å². The second-order valence-corrected chi connectivity index (χ2v) is 5.27. The van der Waals surface area contributed by atoms with Crippen molar-refractivity contribution >= 4 is 29.9 Å². The molecule has 0 bridgehead atoms. The van der Waals surface area contributed by atoms with Crippen LogP contribution in [0.3, 0.4) is 0 Å². The zero-order valence-corrected chi connectivity index (χ0v) is 14.5. The second-order valence-electron chi connectivity index (χ2n) is 5.27. The molecule has 108 valence electrons. The molecular formula is C13H29IN4. The maximum atomic E-state index is 4.68. The van der Waals surface area contributed by atoms with E-state index in [0.717, 1.165) is 25.0 Å². The third-order valence-electron chi connectivity index (χ3n) is 3.12. The van der Waals surface area contributed by atoms with Gasteiger partial charge in [0.05, 0.1) is 0 Å². The van der Waals surface area contributed by atoms with Crippen molar-refractivity contribution in [2.75, 3.05) is 33.2 Å². The lowest BCUT2D eigenvalue weighted by atomic mass is 9.97. The fourth-order valence-corrected chi connectivity index (χ4v) is 2.06. The molecule has 0 amide bonds.